The lowest BCUT2D eigenvalue weighted by Crippen LogP contribution is -2.38. The van der Waals surface area contributed by atoms with Crippen molar-refractivity contribution in [3.8, 4) is 0 Å². The zero-order valence-corrected chi connectivity index (χ0v) is 15.8. The average Bonchev–Trinajstić information content (AvgIpc) is 3.15. The molecule has 5 nitrogen and oxygen atoms in total. The first kappa shape index (κ1) is 19.9. The Hall–Kier alpha value is -2.37. The topological polar surface area (TPSA) is 61.4 Å². The molecule has 1 aliphatic heterocycles. The number of anilines is 1. The highest BCUT2D eigenvalue weighted by molar-refractivity contribution is 6.09. The molecule has 0 aliphatic carbocycles. The van der Waals surface area contributed by atoms with E-state index in [1.54, 1.807) is 23.1 Å². The molecule has 0 saturated carbocycles. The van der Waals surface area contributed by atoms with Gasteiger partial charge in [-0.05, 0) is 44.2 Å². The Morgan fingerprint density at radius 1 is 1.15 bits per heavy atom. The third-order valence-corrected chi connectivity index (χ3v) is 4.59. The zero-order chi connectivity index (χ0) is 17.8. The third kappa shape index (κ3) is 4.42. The van der Waals surface area contributed by atoms with E-state index in [0.717, 1.165) is 25.1 Å². The van der Waals surface area contributed by atoms with Gasteiger partial charge in [0.2, 0.25) is 0 Å². The molecule has 2 amide bonds. The van der Waals surface area contributed by atoms with Gasteiger partial charge in [-0.15, -0.1) is 12.4 Å². The number of carbonyl (C=O) groups is 2. The molecule has 2 aromatic carbocycles. The molecule has 0 aromatic heterocycles. The zero-order valence-electron chi connectivity index (χ0n) is 15.0. The summed E-state index contributed by atoms with van der Waals surface area (Å²) in [6.07, 6.45) is 0.945. The Bertz CT molecular complexity index is 788. The lowest BCUT2D eigenvalue weighted by molar-refractivity contribution is 0.0745. The van der Waals surface area contributed by atoms with Gasteiger partial charge in [-0.1, -0.05) is 29.8 Å². The number of amides is 2. The van der Waals surface area contributed by atoms with Crippen molar-refractivity contribution >= 4 is 29.9 Å². The van der Waals surface area contributed by atoms with E-state index in [1.807, 2.05) is 44.3 Å². The molecule has 1 unspecified atom stereocenters. The van der Waals surface area contributed by atoms with E-state index in [4.69, 9.17) is 0 Å². The molecular formula is C20H24ClN3O2. The second-order valence-corrected chi connectivity index (χ2v) is 6.43. The van der Waals surface area contributed by atoms with Crippen LogP contribution in [-0.4, -0.2) is 42.9 Å². The fraction of sp³-hybridized carbons (Fsp3) is 0.300. The number of para-hydroxylation sites is 1. The van der Waals surface area contributed by atoms with Gasteiger partial charge in [-0.2, -0.15) is 0 Å². The Morgan fingerprint density at radius 2 is 1.92 bits per heavy atom. The first-order chi connectivity index (χ1) is 12.1. The Kier molecular flexibility index (Phi) is 6.77. The summed E-state index contributed by atoms with van der Waals surface area (Å²) >= 11 is 0. The number of benzene rings is 2. The summed E-state index contributed by atoms with van der Waals surface area (Å²) in [6.45, 7) is 3.67. The van der Waals surface area contributed by atoms with Gasteiger partial charge < -0.3 is 15.5 Å². The number of hydrogen-bond acceptors (Lipinski definition) is 3. The van der Waals surface area contributed by atoms with Crippen molar-refractivity contribution in [3.63, 3.8) is 0 Å². The van der Waals surface area contributed by atoms with Crippen molar-refractivity contribution in [2.75, 3.05) is 25.5 Å². The predicted molar refractivity (Wildman–Crippen MR) is 106 cm³/mol. The summed E-state index contributed by atoms with van der Waals surface area (Å²) in [5, 5.41) is 6.15. The maximum Gasteiger partial charge on any atom is 0.256 e. The van der Waals surface area contributed by atoms with E-state index < -0.39 is 0 Å². The summed E-state index contributed by atoms with van der Waals surface area (Å²) < 4.78 is 0. The van der Waals surface area contributed by atoms with Crippen molar-refractivity contribution < 1.29 is 9.59 Å². The Labute approximate surface area is 160 Å². The van der Waals surface area contributed by atoms with Crippen LogP contribution >= 0.6 is 12.4 Å². The predicted octanol–water partition coefficient (Wildman–Crippen LogP) is 3.10. The van der Waals surface area contributed by atoms with Crippen LogP contribution in [0.3, 0.4) is 0 Å². The number of nitrogens with one attached hydrogen (secondary N) is 2. The minimum atomic E-state index is -0.214. The minimum absolute atomic E-state index is 0. The molecule has 138 valence electrons. The quantitative estimate of drug-likeness (QED) is 0.865. The highest BCUT2D eigenvalue weighted by Gasteiger charge is 2.25. The minimum Gasteiger partial charge on any atom is -0.337 e. The van der Waals surface area contributed by atoms with Gasteiger partial charge in [0.15, 0.2) is 0 Å². The molecular weight excluding hydrogens is 350 g/mol. The Balaban J connectivity index is 0.00000243. The van der Waals surface area contributed by atoms with Crippen LogP contribution in [0.5, 0.6) is 0 Å². The molecule has 2 aromatic rings. The van der Waals surface area contributed by atoms with Crippen LogP contribution in [0.1, 0.15) is 32.7 Å². The fourth-order valence-corrected chi connectivity index (χ4v) is 3.09. The van der Waals surface area contributed by atoms with Gasteiger partial charge in [-0.25, -0.2) is 0 Å². The highest BCUT2D eigenvalue weighted by Crippen LogP contribution is 2.20. The number of likely N-dealkylation sites (N-methyl/N-ethyl adjacent to an activating group) is 1. The molecule has 3 rings (SSSR count). The van der Waals surface area contributed by atoms with Crippen LogP contribution in [0.2, 0.25) is 0 Å². The number of aryl methyl sites for hydroxylation is 1. The number of halogens is 1. The van der Waals surface area contributed by atoms with E-state index in [0.29, 0.717) is 16.8 Å². The van der Waals surface area contributed by atoms with Crippen molar-refractivity contribution in [2.24, 2.45) is 0 Å². The molecule has 2 N–H and O–H groups in total. The lowest BCUT2D eigenvalue weighted by Gasteiger charge is -2.25. The summed E-state index contributed by atoms with van der Waals surface area (Å²) in [5.41, 5.74) is 2.65. The summed E-state index contributed by atoms with van der Waals surface area (Å²) in [5.74, 6) is -0.289. The van der Waals surface area contributed by atoms with Crippen molar-refractivity contribution in [3.05, 3.63) is 65.2 Å². The molecule has 26 heavy (non-hydrogen) atoms. The summed E-state index contributed by atoms with van der Waals surface area (Å²) in [7, 11) is 1.82. The van der Waals surface area contributed by atoms with Crippen LogP contribution in [0.4, 0.5) is 5.69 Å². The molecule has 6 heteroatoms. The van der Waals surface area contributed by atoms with Gasteiger partial charge in [0.1, 0.15) is 0 Å². The second kappa shape index (κ2) is 8.83. The number of carbonyl (C=O) groups excluding carboxylic acids is 2. The standard InChI is InChI=1S/C20H23N3O2.ClH/c1-14-6-5-7-15(12-14)19(24)22-18-9-4-3-8-17(18)20(25)23(2)16-10-11-21-13-16;/h3-9,12,16,21H,10-11,13H2,1-2H3,(H,22,24);1H. The smallest absolute Gasteiger partial charge is 0.256 e. The van der Waals surface area contributed by atoms with Gasteiger partial charge in [0, 0.05) is 25.2 Å². The summed E-state index contributed by atoms with van der Waals surface area (Å²) in [6, 6.07) is 14.7. The number of hydrogen-bond donors (Lipinski definition) is 2. The fourth-order valence-electron chi connectivity index (χ4n) is 3.09. The van der Waals surface area contributed by atoms with Gasteiger partial charge >= 0.3 is 0 Å². The van der Waals surface area contributed by atoms with E-state index in [2.05, 4.69) is 10.6 Å². The molecule has 0 spiro atoms. The number of nitrogens with zero attached hydrogens (tertiary/aromatic N) is 1. The molecule has 1 aliphatic rings. The van der Waals surface area contributed by atoms with Crippen LogP contribution in [0, 0.1) is 6.92 Å². The largest absolute Gasteiger partial charge is 0.337 e. The molecule has 1 saturated heterocycles. The first-order valence-corrected chi connectivity index (χ1v) is 8.51. The molecule has 1 heterocycles. The van der Waals surface area contributed by atoms with Crippen LogP contribution in [0.25, 0.3) is 0 Å². The summed E-state index contributed by atoms with van der Waals surface area (Å²) in [4.78, 5) is 27.2. The van der Waals surface area contributed by atoms with Gasteiger partial charge in [0.05, 0.1) is 11.3 Å². The molecule has 0 bridgehead atoms. The van der Waals surface area contributed by atoms with Crippen LogP contribution in [0.15, 0.2) is 48.5 Å². The van der Waals surface area contributed by atoms with Crippen LogP contribution in [-0.2, 0) is 0 Å². The maximum atomic E-state index is 12.9. The van der Waals surface area contributed by atoms with Gasteiger partial charge in [-0.3, -0.25) is 9.59 Å². The SMILES string of the molecule is Cc1cccc(C(=O)Nc2ccccc2C(=O)N(C)C2CCNC2)c1.Cl. The van der Waals surface area contributed by atoms with Crippen molar-refractivity contribution in [1.82, 2.24) is 10.2 Å². The maximum absolute atomic E-state index is 12.9. The van der Waals surface area contributed by atoms with Crippen LogP contribution < -0.4 is 10.6 Å². The normalized spacial score (nSPS) is 15.8. The molecule has 0 radical (unpaired) electrons. The van der Waals surface area contributed by atoms with Gasteiger partial charge in [0.25, 0.3) is 11.8 Å². The number of rotatable bonds is 4. The van der Waals surface area contributed by atoms with E-state index in [-0.39, 0.29) is 30.3 Å². The molecule has 1 atom stereocenters. The van der Waals surface area contributed by atoms with E-state index >= 15 is 0 Å². The van der Waals surface area contributed by atoms with E-state index in [1.165, 1.54) is 0 Å². The lowest BCUT2D eigenvalue weighted by atomic mass is 10.1. The Morgan fingerprint density at radius 3 is 2.62 bits per heavy atom. The second-order valence-electron chi connectivity index (χ2n) is 6.43. The monoisotopic (exact) mass is 373 g/mol. The molecule has 1 fully saturated rings. The third-order valence-electron chi connectivity index (χ3n) is 4.59. The average molecular weight is 374 g/mol. The highest BCUT2D eigenvalue weighted by atomic mass is 35.5. The van der Waals surface area contributed by atoms with Crippen molar-refractivity contribution in [2.45, 2.75) is 19.4 Å². The van der Waals surface area contributed by atoms with E-state index in [9.17, 15) is 9.59 Å². The first-order valence-electron chi connectivity index (χ1n) is 8.51. The van der Waals surface area contributed by atoms with Crippen molar-refractivity contribution in [1.29, 1.82) is 0 Å².